The van der Waals surface area contributed by atoms with Gasteiger partial charge in [-0.1, -0.05) is 0 Å². The molecule has 110 valence electrons. The molecule has 1 heterocycles. The molecular formula is C13H13F2N5O. The van der Waals surface area contributed by atoms with E-state index in [0.717, 1.165) is 6.07 Å². The Kier molecular flexibility index (Phi) is 4.72. The number of amides is 1. The van der Waals surface area contributed by atoms with Gasteiger partial charge in [0.1, 0.15) is 11.6 Å². The molecule has 4 N–H and O–H groups in total. The van der Waals surface area contributed by atoms with Gasteiger partial charge < -0.3 is 10.7 Å². The predicted octanol–water partition coefficient (Wildman–Crippen LogP) is 1.01. The van der Waals surface area contributed by atoms with Gasteiger partial charge >= 0.3 is 0 Å². The predicted molar refractivity (Wildman–Crippen MR) is 72.2 cm³/mol. The highest BCUT2D eigenvalue weighted by Gasteiger charge is 2.08. The molecule has 0 aliphatic rings. The van der Waals surface area contributed by atoms with E-state index in [0.29, 0.717) is 17.8 Å². The Bertz CT molecular complexity index is 613. The third-order valence-electron chi connectivity index (χ3n) is 2.67. The normalized spacial score (nSPS) is 10.2. The van der Waals surface area contributed by atoms with Gasteiger partial charge in [-0.15, -0.1) is 10.2 Å². The minimum atomic E-state index is -0.646. The molecule has 0 aliphatic heterocycles. The zero-order valence-corrected chi connectivity index (χ0v) is 10.9. The largest absolute Gasteiger partial charge is 0.350 e. The number of anilines is 1. The average Bonchev–Trinajstić information content (AvgIpc) is 2.46. The second kappa shape index (κ2) is 6.71. The van der Waals surface area contributed by atoms with E-state index in [1.54, 1.807) is 0 Å². The van der Waals surface area contributed by atoms with Crippen LogP contribution in [-0.4, -0.2) is 22.6 Å². The highest BCUT2D eigenvalue weighted by Crippen LogP contribution is 2.08. The lowest BCUT2D eigenvalue weighted by Crippen LogP contribution is -2.27. The van der Waals surface area contributed by atoms with Crippen LogP contribution in [0.1, 0.15) is 16.1 Å². The first-order valence-electron chi connectivity index (χ1n) is 6.12. The maximum atomic E-state index is 13.0. The van der Waals surface area contributed by atoms with Crippen molar-refractivity contribution in [1.82, 2.24) is 15.5 Å². The standard InChI is InChI=1S/C13H13F2N5O/c14-9-5-8(6-10(15)7-9)3-4-17-13(21)11-1-2-12(18-16)20-19-11/h1-2,5-7H,3-4,16H2,(H,17,21)(H,18,20). The number of nitrogens with one attached hydrogen (secondary N) is 2. The Morgan fingerprint density at radius 3 is 2.43 bits per heavy atom. The van der Waals surface area contributed by atoms with E-state index in [1.165, 1.54) is 24.3 Å². The molecule has 21 heavy (non-hydrogen) atoms. The lowest BCUT2D eigenvalue weighted by Gasteiger charge is -2.05. The van der Waals surface area contributed by atoms with Crippen molar-refractivity contribution in [1.29, 1.82) is 0 Å². The van der Waals surface area contributed by atoms with E-state index in [2.05, 4.69) is 20.9 Å². The smallest absolute Gasteiger partial charge is 0.271 e. The fourth-order valence-electron chi connectivity index (χ4n) is 1.70. The molecule has 0 unspecified atom stereocenters. The first-order valence-corrected chi connectivity index (χ1v) is 6.12. The van der Waals surface area contributed by atoms with Crippen molar-refractivity contribution < 1.29 is 13.6 Å². The maximum Gasteiger partial charge on any atom is 0.271 e. The summed E-state index contributed by atoms with van der Waals surface area (Å²) >= 11 is 0. The minimum Gasteiger partial charge on any atom is -0.350 e. The zero-order valence-electron chi connectivity index (χ0n) is 10.9. The summed E-state index contributed by atoms with van der Waals surface area (Å²) < 4.78 is 26.0. The number of nitrogen functional groups attached to an aromatic ring is 1. The number of hydrogen-bond acceptors (Lipinski definition) is 5. The zero-order chi connectivity index (χ0) is 15.2. The van der Waals surface area contributed by atoms with Crippen LogP contribution in [0.3, 0.4) is 0 Å². The molecule has 1 aromatic heterocycles. The molecular weight excluding hydrogens is 280 g/mol. The van der Waals surface area contributed by atoms with Gasteiger partial charge in [-0.3, -0.25) is 4.79 Å². The van der Waals surface area contributed by atoms with Crippen molar-refractivity contribution >= 4 is 11.7 Å². The number of benzene rings is 1. The second-order valence-electron chi connectivity index (χ2n) is 4.23. The van der Waals surface area contributed by atoms with Gasteiger partial charge in [0.2, 0.25) is 0 Å². The number of nitrogens with two attached hydrogens (primary N) is 1. The second-order valence-corrected chi connectivity index (χ2v) is 4.23. The molecule has 0 atom stereocenters. The van der Waals surface area contributed by atoms with Crippen LogP contribution in [0.15, 0.2) is 30.3 Å². The van der Waals surface area contributed by atoms with Gasteiger partial charge in [0.05, 0.1) is 0 Å². The van der Waals surface area contributed by atoms with E-state index >= 15 is 0 Å². The minimum absolute atomic E-state index is 0.124. The Labute approximate surface area is 119 Å². The summed E-state index contributed by atoms with van der Waals surface area (Å²) in [6, 6.07) is 6.20. The number of rotatable bonds is 5. The fourth-order valence-corrected chi connectivity index (χ4v) is 1.70. The Hall–Kier alpha value is -2.61. The molecule has 6 nitrogen and oxygen atoms in total. The summed E-state index contributed by atoms with van der Waals surface area (Å²) in [5, 5.41) is 9.93. The SMILES string of the molecule is NNc1ccc(C(=O)NCCc2cc(F)cc(F)c2)nn1. The number of nitrogens with zero attached hydrogens (tertiary/aromatic N) is 2. The summed E-state index contributed by atoms with van der Waals surface area (Å²) in [7, 11) is 0. The molecule has 0 saturated heterocycles. The number of aromatic nitrogens is 2. The van der Waals surface area contributed by atoms with E-state index in [4.69, 9.17) is 5.84 Å². The van der Waals surface area contributed by atoms with Crippen LogP contribution in [0.4, 0.5) is 14.6 Å². The topological polar surface area (TPSA) is 92.9 Å². The molecule has 0 fully saturated rings. The number of hydrazine groups is 1. The molecule has 8 heteroatoms. The Morgan fingerprint density at radius 2 is 1.86 bits per heavy atom. The van der Waals surface area contributed by atoms with E-state index in [1.807, 2.05) is 0 Å². The molecule has 0 bridgehead atoms. The third-order valence-corrected chi connectivity index (χ3v) is 2.67. The van der Waals surface area contributed by atoms with Gasteiger partial charge in [0.15, 0.2) is 11.5 Å². The quantitative estimate of drug-likeness (QED) is 0.565. The average molecular weight is 293 g/mol. The van der Waals surface area contributed by atoms with Crippen molar-refractivity contribution in [2.24, 2.45) is 5.84 Å². The summed E-state index contributed by atoms with van der Waals surface area (Å²) in [5.41, 5.74) is 2.88. The van der Waals surface area contributed by atoms with E-state index in [-0.39, 0.29) is 12.2 Å². The molecule has 0 aliphatic carbocycles. The Balaban J connectivity index is 1.88. The highest BCUT2D eigenvalue weighted by molar-refractivity contribution is 5.92. The highest BCUT2D eigenvalue weighted by atomic mass is 19.1. The van der Waals surface area contributed by atoms with Crippen molar-refractivity contribution in [2.45, 2.75) is 6.42 Å². The van der Waals surface area contributed by atoms with Crippen LogP contribution in [-0.2, 0) is 6.42 Å². The van der Waals surface area contributed by atoms with Gasteiger partial charge in [-0.05, 0) is 36.2 Å². The maximum absolute atomic E-state index is 13.0. The van der Waals surface area contributed by atoms with Gasteiger partial charge in [-0.2, -0.15) is 0 Å². The van der Waals surface area contributed by atoms with Crippen molar-refractivity contribution in [2.75, 3.05) is 12.0 Å². The van der Waals surface area contributed by atoms with Gasteiger partial charge in [-0.25, -0.2) is 14.6 Å². The molecule has 0 radical (unpaired) electrons. The van der Waals surface area contributed by atoms with Crippen LogP contribution >= 0.6 is 0 Å². The van der Waals surface area contributed by atoms with Gasteiger partial charge in [0.25, 0.3) is 5.91 Å². The van der Waals surface area contributed by atoms with Crippen molar-refractivity contribution in [3.63, 3.8) is 0 Å². The van der Waals surface area contributed by atoms with E-state index < -0.39 is 17.5 Å². The number of halogens is 2. The van der Waals surface area contributed by atoms with Crippen LogP contribution in [0.5, 0.6) is 0 Å². The summed E-state index contributed by atoms with van der Waals surface area (Å²) in [6.07, 6.45) is 0.302. The fraction of sp³-hybridized carbons (Fsp3) is 0.154. The molecule has 0 spiro atoms. The molecule has 2 rings (SSSR count). The van der Waals surface area contributed by atoms with Crippen LogP contribution in [0.25, 0.3) is 0 Å². The van der Waals surface area contributed by atoms with Crippen LogP contribution in [0.2, 0.25) is 0 Å². The lowest BCUT2D eigenvalue weighted by molar-refractivity contribution is 0.0948. The molecule has 0 saturated carbocycles. The number of hydrogen-bond donors (Lipinski definition) is 3. The molecule has 2 aromatic rings. The Morgan fingerprint density at radius 1 is 1.14 bits per heavy atom. The molecule has 1 aromatic carbocycles. The summed E-state index contributed by atoms with van der Waals surface area (Å²) in [5.74, 6) is 3.75. The van der Waals surface area contributed by atoms with Crippen molar-refractivity contribution in [3.05, 3.63) is 53.2 Å². The first-order chi connectivity index (χ1) is 10.1. The third kappa shape index (κ3) is 4.18. The van der Waals surface area contributed by atoms with Crippen LogP contribution in [0, 0.1) is 11.6 Å². The number of carbonyl (C=O) groups is 1. The van der Waals surface area contributed by atoms with E-state index in [9.17, 15) is 13.6 Å². The van der Waals surface area contributed by atoms with Crippen molar-refractivity contribution in [3.8, 4) is 0 Å². The lowest BCUT2D eigenvalue weighted by atomic mass is 10.1. The monoisotopic (exact) mass is 293 g/mol. The van der Waals surface area contributed by atoms with Crippen LogP contribution < -0.4 is 16.6 Å². The summed E-state index contributed by atoms with van der Waals surface area (Å²) in [6.45, 7) is 0.223. The number of carbonyl (C=O) groups excluding carboxylic acids is 1. The first kappa shape index (κ1) is 14.8. The van der Waals surface area contributed by atoms with Gasteiger partial charge in [0, 0.05) is 12.6 Å². The molecule has 1 amide bonds. The summed E-state index contributed by atoms with van der Waals surface area (Å²) in [4.78, 5) is 11.8.